The smallest absolute Gasteiger partial charge is 0.149 e. The molecule has 1 aromatic heterocycles. The molecule has 0 spiro atoms. The third-order valence-corrected chi connectivity index (χ3v) is 4.88. The number of rotatable bonds is 5. The molecule has 0 saturated heterocycles. The molecule has 0 amide bonds. The van der Waals surface area contributed by atoms with Crippen molar-refractivity contribution in [2.24, 2.45) is 0 Å². The SMILES string of the molecule is CNSc1ccc(NC2CCCCC2)c(-c2ncccc2F)c1. The molecule has 23 heavy (non-hydrogen) atoms. The molecule has 0 atom stereocenters. The lowest BCUT2D eigenvalue weighted by Gasteiger charge is -2.25. The van der Waals surface area contributed by atoms with Crippen molar-refractivity contribution >= 4 is 17.6 Å². The summed E-state index contributed by atoms with van der Waals surface area (Å²) in [7, 11) is 1.87. The lowest BCUT2D eigenvalue weighted by atomic mass is 9.95. The van der Waals surface area contributed by atoms with E-state index in [0.29, 0.717) is 11.7 Å². The maximum Gasteiger partial charge on any atom is 0.149 e. The summed E-state index contributed by atoms with van der Waals surface area (Å²) < 4.78 is 17.3. The number of anilines is 1. The zero-order valence-electron chi connectivity index (χ0n) is 13.3. The molecule has 122 valence electrons. The molecular weight excluding hydrogens is 309 g/mol. The van der Waals surface area contributed by atoms with Crippen molar-refractivity contribution in [2.45, 2.75) is 43.0 Å². The number of halogens is 1. The van der Waals surface area contributed by atoms with Crippen LogP contribution in [0.15, 0.2) is 41.4 Å². The molecule has 3 rings (SSSR count). The predicted molar refractivity (Wildman–Crippen MR) is 95.0 cm³/mol. The molecule has 0 unspecified atom stereocenters. The first-order valence-electron chi connectivity index (χ1n) is 8.13. The largest absolute Gasteiger partial charge is 0.382 e. The Hall–Kier alpha value is -1.59. The minimum Gasteiger partial charge on any atom is -0.382 e. The van der Waals surface area contributed by atoms with Gasteiger partial charge in [-0.2, -0.15) is 0 Å². The van der Waals surface area contributed by atoms with Crippen LogP contribution in [0.5, 0.6) is 0 Å². The van der Waals surface area contributed by atoms with E-state index in [1.54, 1.807) is 12.3 Å². The molecule has 1 fully saturated rings. The first-order chi connectivity index (χ1) is 11.3. The van der Waals surface area contributed by atoms with Crippen LogP contribution in [0.2, 0.25) is 0 Å². The quantitative estimate of drug-likeness (QED) is 0.767. The highest BCUT2D eigenvalue weighted by Gasteiger charge is 2.17. The van der Waals surface area contributed by atoms with Crippen LogP contribution in [0.1, 0.15) is 32.1 Å². The summed E-state index contributed by atoms with van der Waals surface area (Å²) in [6.07, 6.45) is 7.84. The van der Waals surface area contributed by atoms with E-state index in [2.05, 4.69) is 21.1 Å². The van der Waals surface area contributed by atoms with Gasteiger partial charge in [0.1, 0.15) is 11.5 Å². The van der Waals surface area contributed by atoms with Crippen molar-refractivity contribution in [3.8, 4) is 11.3 Å². The maximum absolute atomic E-state index is 14.2. The van der Waals surface area contributed by atoms with Crippen molar-refractivity contribution < 1.29 is 4.39 Å². The van der Waals surface area contributed by atoms with E-state index >= 15 is 0 Å². The highest BCUT2D eigenvalue weighted by Crippen LogP contribution is 2.33. The van der Waals surface area contributed by atoms with Gasteiger partial charge in [-0.15, -0.1) is 0 Å². The Labute approximate surface area is 141 Å². The van der Waals surface area contributed by atoms with Crippen LogP contribution in [-0.4, -0.2) is 18.1 Å². The molecule has 1 saturated carbocycles. The van der Waals surface area contributed by atoms with Gasteiger partial charge in [0.2, 0.25) is 0 Å². The predicted octanol–water partition coefficient (Wildman–Crippen LogP) is 4.86. The van der Waals surface area contributed by atoms with Crippen molar-refractivity contribution in [3.05, 3.63) is 42.3 Å². The van der Waals surface area contributed by atoms with Crippen LogP contribution in [0, 0.1) is 5.82 Å². The number of hydrogen-bond acceptors (Lipinski definition) is 4. The van der Waals surface area contributed by atoms with Gasteiger partial charge >= 0.3 is 0 Å². The second-order valence-corrected chi connectivity index (χ2v) is 6.91. The monoisotopic (exact) mass is 331 g/mol. The summed E-state index contributed by atoms with van der Waals surface area (Å²) in [5.41, 5.74) is 2.20. The lowest BCUT2D eigenvalue weighted by Crippen LogP contribution is -2.22. The van der Waals surface area contributed by atoms with Crippen LogP contribution >= 0.6 is 11.9 Å². The second-order valence-electron chi connectivity index (χ2n) is 5.83. The molecule has 2 aromatic rings. The summed E-state index contributed by atoms with van der Waals surface area (Å²) >= 11 is 1.52. The highest BCUT2D eigenvalue weighted by molar-refractivity contribution is 7.97. The van der Waals surface area contributed by atoms with E-state index in [1.165, 1.54) is 50.1 Å². The Morgan fingerprint density at radius 3 is 2.74 bits per heavy atom. The molecule has 1 aliphatic carbocycles. The van der Waals surface area contributed by atoms with Crippen LogP contribution in [-0.2, 0) is 0 Å². The average Bonchev–Trinajstić information content (AvgIpc) is 2.58. The van der Waals surface area contributed by atoms with Gasteiger partial charge in [0, 0.05) is 28.4 Å². The summed E-state index contributed by atoms with van der Waals surface area (Å²) in [6, 6.07) is 9.65. The third kappa shape index (κ3) is 4.03. The molecule has 1 aromatic carbocycles. The third-order valence-electron chi connectivity index (χ3n) is 4.19. The standard InChI is InChI=1S/C18H22FN3S/c1-20-23-14-9-10-17(22-13-6-3-2-4-7-13)15(12-14)18-16(19)8-5-11-21-18/h5,8-13,20,22H,2-4,6-7H2,1H3. The van der Waals surface area contributed by atoms with E-state index in [-0.39, 0.29) is 5.82 Å². The van der Waals surface area contributed by atoms with E-state index < -0.39 is 0 Å². The molecule has 0 bridgehead atoms. The van der Waals surface area contributed by atoms with Crippen LogP contribution in [0.25, 0.3) is 11.3 Å². The van der Waals surface area contributed by atoms with Crippen molar-refractivity contribution in [3.63, 3.8) is 0 Å². The van der Waals surface area contributed by atoms with E-state index in [0.717, 1.165) is 16.1 Å². The summed E-state index contributed by atoms with van der Waals surface area (Å²) in [5.74, 6) is -0.286. The molecule has 3 nitrogen and oxygen atoms in total. The van der Waals surface area contributed by atoms with Gasteiger partial charge in [0.05, 0.1) is 0 Å². The number of aromatic nitrogens is 1. The normalized spacial score (nSPS) is 15.6. The van der Waals surface area contributed by atoms with Crippen LogP contribution < -0.4 is 10.0 Å². The van der Waals surface area contributed by atoms with Gasteiger partial charge in [0.25, 0.3) is 0 Å². The molecule has 0 aliphatic heterocycles. The number of pyridine rings is 1. The molecule has 0 radical (unpaired) electrons. The molecule has 2 N–H and O–H groups in total. The molecule has 1 heterocycles. The summed E-state index contributed by atoms with van der Waals surface area (Å²) in [5, 5.41) is 3.61. The van der Waals surface area contributed by atoms with Crippen molar-refractivity contribution in [1.82, 2.24) is 9.71 Å². The number of nitrogens with one attached hydrogen (secondary N) is 2. The number of nitrogens with zero attached hydrogens (tertiary/aromatic N) is 1. The fraction of sp³-hybridized carbons (Fsp3) is 0.389. The van der Waals surface area contributed by atoms with Gasteiger partial charge in [-0.25, -0.2) is 4.39 Å². The van der Waals surface area contributed by atoms with Gasteiger partial charge in [-0.1, -0.05) is 19.3 Å². The van der Waals surface area contributed by atoms with Gasteiger partial charge in [-0.05, 0) is 62.2 Å². The zero-order chi connectivity index (χ0) is 16.1. The molecule has 1 aliphatic rings. The minimum absolute atomic E-state index is 0.286. The lowest BCUT2D eigenvalue weighted by molar-refractivity contribution is 0.463. The fourth-order valence-corrected chi connectivity index (χ4v) is 3.63. The summed E-state index contributed by atoms with van der Waals surface area (Å²) in [4.78, 5) is 5.30. The first kappa shape index (κ1) is 16.3. The Morgan fingerprint density at radius 2 is 2.00 bits per heavy atom. The first-order valence-corrected chi connectivity index (χ1v) is 8.94. The topological polar surface area (TPSA) is 37.0 Å². The molecule has 5 heteroatoms. The summed E-state index contributed by atoms with van der Waals surface area (Å²) in [6.45, 7) is 0. The van der Waals surface area contributed by atoms with Crippen LogP contribution in [0.3, 0.4) is 0 Å². The van der Waals surface area contributed by atoms with Crippen LogP contribution in [0.4, 0.5) is 10.1 Å². The van der Waals surface area contributed by atoms with Crippen molar-refractivity contribution in [1.29, 1.82) is 0 Å². The minimum atomic E-state index is -0.286. The van der Waals surface area contributed by atoms with E-state index in [1.807, 2.05) is 19.2 Å². The van der Waals surface area contributed by atoms with Crippen molar-refractivity contribution in [2.75, 3.05) is 12.4 Å². The maximum atomic E-state index is 14.2. The number of hydrogen-bond donors (Lipinski definition) is 2. The zero-order valence-corrected chi connectivity index (χ0v) is 14.1. The Kier molecular flexibility index (Phi) is 5.51. The Morgan fingerprint density at radius 1 is 1.17 bits per heavy atom. The Balaban J connectivity index is 1.95. The van der Waals surface area contributed by atoms with Gasteiger partial charge in [0.15, 0.2) is 0 Å². The highest BCUT2D eigenvalue weighted by atomic mass is 32.2. The average molecular weight is 331 g/mol. The second kappa shape index (κ2) is 7.79. The van der Waals surface area contributed by atoms with E-state index in [4.69, 9.17) is 0 Å². The number of benzene rings is 1. The van der Waals surface area contributed by atoms with Gasteiger partial charge in [-0.3, -0.25) is 9.71 Å². The fourth-order valence-electron chi connectivity index (χ4n) is 3.08. The van der Waals surface area contributed by atoms with E-state index in [9.17, 15) is 4.39 Å². The molecular formula is C18H22FN3S. The Bertz CT molecular complexity index is 656. The van der Waals surface area contributed by atoms with Gasteiger partial charge < -0.3 is 5.32 Å².